The second-order valence-electron chi connectivity index (χ2n) is 10.1. The molecule has 0 aliphatic carbocycles. The molecular weight excluding hydrogens is 488 g/mol. The average Bonchev–Trinajstić information content (AvgIpc) is 3.18. The number of ketones is 1. The average molecular weight is 527 g/mol. The molecule has 1 unspecified atom stereocenters. The molecule has 1 aliphatic heterocycles. The van der Waals surface area contributed by atoms with Crippen molar-refractivity contribution in [1.29, 1.82) is 0 Å². The van der Waals surface area contributed by atoms with Crippen LogP contribution >= 0.6 is 0 Å². The van der Waals surface area contributed by atoms with Gasteiger partial charge in [-0.1, -0.05) is 25.1 Å². The van der Waals surface area contributed by atoms with Crippen LogP contribution in [-0.2, 0) is 9.59 Å². The Hall–Kier alpha value is -4.06. The van der Waals surface area contributed by atoms with Crippen molar-refractivity contribution in [2.45, 2.75) is 54.0 Å². The molecule has 0 bridgehead atoms. The molecule has 1 N–H and O–H groups in total. The van der Waals surface area contributed by atoms with Crippen molar-refractivity contribution in [3.05, 3.63) is 94.1 Å². The second-order valence-corrected chi connectivity index (χ2v) is 10.1. The lowest BCUT2D eigenvalue weighted by Gasteiger charge is -2.27. The molecule has 0 spiro atoms. The Labute approximate surface area is 231 Å². The number of anilines is 2. The van der Waals surface area contributed by atoms with Gasteiger partial charge in [0.05, 0.1) is 18.2 Å². The Morgan fingerprint density at radius 2 is 1.54 bits per heavy atom. The van der Waals surface area contributed by atoms with Crippen LogP contribution in [0.1, 0.15) is 61.1 Å². The number of aliphatic hydroxyl groups is 1. The summed E-state index contributed by atoms with van der Waals surface area (Å²) in [7, 11) is 0. The molecule has 0 aromatic heterocycles. The maximum absolute atomic E-state index is 13.6. The van der Waals surface area contributed by atoms with Gasteiger partial charge in [0.2, 0.25) is 0 Å². The topological polar surface area (TPSA) is 70.1 Å². The summed E-state index contributed by atoms with van der Waals surface area (Å²) in [6, 6.07) is 18.3. The minimum Gasteiger partial charge on any atom is -0.507 e. The Bertz CT molecular complexity index is 1380. The van der Waals surface area contributed by atoms with Gasteiger partial charge in [-0.2, -0.15) is 0 Å². The number of aryl methyl sites for hydroxylation is 3. The maximum atomic E-state index is 13.6. The number of benzene rings is 3. The molecule has 1 heterocycles. The molecule has 1 saturated heterocycles. The standard InChI is InChI=1S/C33H38N2O4/c1-7-16-39-28-15-12-25(20-23(28)6)31(36)29-30(24-10-13-26(14-11-24)34(8-2)9-3)35(33(38)32(29)37)27-18-21(4)17-22(5)19-27/h10-15,17-20,30,36H,7-9,16H2,1-6H3/b31-29-. The van der Waals surface area contributed by atoms with Crippen LogP contribution in [0.3, 0.4) is 0 Å². The zero-order valence-corrected chi connectivity index (χ0v) is 23.7. The van der Waals surface area contributed by atoms with E-state index in [9.17, 15) is 14.7 Å². The zero-order valence-electron chi connectivity index (χ0n) is 23.7. The SMILES string of the molecule is CCCOc1ccc(/C(O)=C2/C(=O)C(=O)N(c3cc(C)cc(C)c3)C2c2ccc(N(CC)CC)cc2)cc1C. The number of hydrogen-bond donors (Lipinski definition) is 1. The largest absolute Gasteiger partial charge is 0.507 e. The van der Waals surface area contributed by atoms with E-state index in [1.165, 1.54) is 4.90 Å². The first-order chi connectivity index (χ1) is 18.7. The lowest BCUT2D eigenvalue weighted by Crippen LogP contribution is -2.29. The number of Topliss-reactive ketones (excluding diaryl/α,β-unsaturated/α-hetero) is 1. The third-order valence-corrected chi connectivity index (χ3v) is 7.18. The van der Waals surface area contributed by atoms with Gasteiger partial charge in [-0.15, -0.1) is 0 Å². The summed E-state index contributed by atoms with van der Waals surface area (Å²) in [5, 5.41) is 11.6. The zero-order chi connectivity index (χ0) is 28.3. The molecule has 3 aromatic rings. The van der Waals surface area contributed by atoms with E-state index in [2.05, 4.69) is 18.7 Å². The fraction of sp³-hybridized carbons (Fsp3) is 0.333. The van der Waals surface area contributed by atoms with Crippen LogP contribution in [0.2, 0.25) is 0 Å². The first kappa shape index (κ1) is 28.0. The summed E-state index contributed by atoms with van der Waals surface area (Å²) in [6.45, 7) is 14.4. The molecule has 6 heteroatoms. The van der Waals surface area contributed by atoms with Gasteiger partial charge in [-0.25, -0.2) is 0 Å². The van der Waals surface area contributed by atoms with Crippen molar-refractivity contribution < 1.29 is 19.4 Å². The van der Waals surface area contributed by atoms with E-state index in [1.54, 1.807) is 18.2 Å². The number of amides is 1. The van der Waals surface area contributed by atoms with Crippen molar-refractivity contribution in [1.82, 2.24) is 0 Å². The van der Waals surface area contributed by atoms with Crippen molar-refractivity contribution in [3.63, 3.8) is 0 Å². The lowest BCUT2D eigenvalue weighted by atomic mass is 9.94. The predicted molar refractivity (Wildman–Crippen MR) is 158 cm³/mol. The first-order valence-corrected chi connectivity index (χ1v) is 13.7. The van der Waals surface area contributed by atoms with E-state index >= 15 is 0 Å². The monoisotopic (exact) mass is 526 g/mol. The molecule has 0 saturated carbocycles. The third kappa shape index (κ3) is 5.56. The van der Waals surface area contributed by atoms with Crippen LogP contribution in [-0.4, -0.2) is 36.5 Å². The van der Waals surface area contributed by atoms with E-state index < -0.39 is 17.7 Å². The van der Waals surface area contributed by atoms with E-state index in [4.69, 9.17) is 4.74 Å². The molecule has 1 fully saturated rings. The molecule has 1 atom stereocenters. The number of aliphatic hydroxyl groups excluding tert-OH is 1. The molecule has 1 aliphatic rings. The lowest BCUT2D eigenvalue weighted by molar-refractivity contribution is -0.132. The Morgan fingerprint density at radius 3 is 2.10 bits per heavy atom. The fourth-order valence-electron chi connectivity index (χ4n) is 5.29. The van der Waals surface area contributed by atoms with Gasteiger partial charge >= 0.3 is 0 Å². The minimum absolute atomic E-state index is 0.0800. The van der Waals surface area contributed by atoms with Gasteiger partial charge in [0.1, 0.15) is 11.5 Å². The highest BCUT2D eigenvalue weighted by atomic mass is 16.5. The maximum Gasteiger partial charge on any atom is 0.300 e. The van der Waals surface area contributed by atoms with Crippen LogP contribution in [0.15, 0.2) is 66.2 Å². The quantitative estimate of drug-likeness (QED) is 0.187. The van der Waals surface area contributed by atoms with Gasteiger partial charge < -0.3 is 14.7 Å². The van der Waals surface area contributed by atoms with Gasteiger partial charge in [0.25, 0.3) is 11.7 Å². The van der Waals surface area contributed by atoms with Crippen LogP contribution in [0, 0.1) is 20.8 Å². The minimum atomic E-state index is -0.770. The van der Waals surface area contributed by atoms with E-state index in [0.29, 0.717) is 17.9 Å². The number of carbonyl (C=O) groups excluding carboxylic acids is 2. The summed E-state index contributed by atoms with van der Waals surface area (Å²) >= 11 is 0. The van der Waals surface area contributed by atoms with Crippen LogP contribution in [0.5, 0.6) is 5.75 Å². The van der Waals surface area contributed by atoms with E-state index in [1.807, 2.05) is 70.2 Å². The van der Waals surface area contributed by atoms with E-state index in [0.717, 1.165) is 53.2 Å². The van der Waals surface area contributed by atoms with Crippen LogP contribution in [0.4, 0.5) is 11.4 Å². The molecule has 39 heavy (non-hydrogen) atoms. The van der Waals surface area contributed by atoms with Crippen LogP contribution < -0.4 is 14.5 Å². The smallest absolute Gasteiger partial charge is 0.300 e. The Balaban J connectivity index is 1.88. The summed E-state index contributed by atoms with van der Waals surface area (Å²) < 4.78 is 5.79. The van der Waals surface area contributed by atoms with Crippen molar-refractivity contribution in [2.75, 3.05) is 29.5 Å². The summed E-state index contributed by atoms with van der Waals surface area (Å²) in [4.78, 5) is 30.9. The molecule has 0 radical (unpaired) electrons. The molecular formula is C33H38N2O4. The summed E-state index contributed by atoms with van der Waals surface area (Å²) in [5.74, 6) is -0.816. The van der Waals surface area contributed by atoms with Crippen molar-refractivity contribution in [3.8, 4) is 5.75 Å². The van der Waals surface area contributed by atoms with Gasteiger partial charge in [-0.3, -0.25) is 14.5 Å². The molecule has 6 nitrogen and oxygen atoms in total. The summed E-state index contributed by atoms with van der Waals surface area (Å²) in [5.41, 5.74) is 5.82. The van der Waals surface area contributed by atoms with E-state index in [-0.39, 0.29) is 11.3 Å². The highest BCUT2D eigenvalue weighted by molar-refractivity contribution is 6.51. The van der Waals surface area contributed by atoms with Crippen LogP contribution in [0.25, 0.3) is 5.76 Å². The highest BCUT2D eigenvalue weighted by Crippen LogP contribution is 2.43. The number of nitrogens with zero attached hydrogens (tertiary/aromatic N) is 2. The molecule has 204 valence electrons. The summed E-state index contributed by atoms with van der Waals surface area (Å²) in [6.07, 6.45) is 0.885. The second kappa shape index (κ2) is 11.8. The third-order valence-electron chi connectivity index (χ3n) is 7.18. The Kier molecular flexibility index (Phi) is 8.44. The number of carbonyl (C=O) groups is 2. The molecule has 1 amide bonds. The van der Waals surface area contributed by atoms with Gasteiger partial charge in [0.15, 0.2) is 0 Å². The van der Waals surface area contributed by atoms with Gasteiger partial charge in [-0.05, 0) is 106 Å². The van der Waals surface area contributed by atoms with Crippen molar-refractivity contribution in [2.24, 2.45) is 0 Å². The molecule has 3 aromatic carbocycles. The van der Waals surface area contributed by atoms with Gasteiger partial charge in [0, 0.05) is 30.0 Å². The normalized spacial score (nSPS) is 16.6. The number of ether oxygens (including phenoxy) is 1. The first-order valence-electron chi connectivity index (χ1n) is 13.7. The highest BCUT2D eigenvalue weighted by Gasteiger charge is 2.47. The fourth-order valence-corrected chi connectivity index (χ4v) is 5.29. The van der Waals surface area contributed by atoms with Crippen molar-refractivity contribution >= 4 is 28.8 Å². The molecule has 4 rings (SSSR count). The predicted octanol–water partition coefficient (Wildman–Crippen LogP) is 6.87. The number of hydrogen-bond acceptors (Lipinski definition) is 5. The number of rotatable bonds is 9. The Morgan fingerprint density at radius 1 is 0.897 bits per heavy atom.